The lowest BCUT2D eigenvalue weighted by atomic mass is 10.1. The molecular weight excluding hydrogens is 424 g/mol. The second-order valence-corrected chi connectivity index (χ2v) is 8.00. The lowest BCUT2D eigenvalue weighted by molar-refractivity contribution is 0.733. The predicted octanol–water partition coefficient (Wildman–Crippen LogP) is 4.37. The largest absolute Gasteiger partial charge is 0.323 e. The van der Waals surface area contributed by atoms with E-state index in [9.17, 15) is 4.79 Å². The third-order valence-corrected chi connectivity index (χ3v) is 5.67. The number of aromatic nitrogens is 5. The molecule has 0 aliphatic carbocycles. The van der Waals surface area contributed by atoms with Crippen molar-refractivity contribution in [2.24, 2.45) is 5.73 Å². The maximum Gasteiger partial charge on any atom is 0.265 e. The van der Waals surface area contributed by atoms with Crippen LogP contribution in [0.3, 0.4) is 0 Å². The number of benzene rings is 1. The van der Waals surface area contributed by atoms with Crippen molar-refractivity contribution in [3.63, 3.8) is 0 Å². The molecule has 0 bridgehead atoms. The van der Waals surface area contributed by atoms with Crippen LogP contribution < -0.4 is 11.3 Å². The van der Waals surface area contributed by atoms with Crippen molar-refractivity contribution in [1.29, 1.82) is 0 Å². The molecule has 7 nitrogen and oxygen atoms in total. The highest BCUT2D eigenvalue weighted by molar-refractivity contribution is 6.33. The first-order chi connectivity index (χ1) is 15.4. The zero-order chi connectivity index (χ0) is 22.4. The van der Waals surface area contributed by atoms with Crippen LogP contribution in [-0.4, -0.2) is 24.5 Å². The molecule has 0 amide bonds. The van der Waals surface area contributed by atoms with Crippen LogP contribution in [0.4, 0.5) is 0 Å². The van der Waals surface area contributed by atoms with E-state index in [0.717, 1.165) is 11.1 Å². The van der Waals surface area contributed by atoms with Gasteiger partial charge in [0.05, 0.1) is 16.4 Å². The second-order valence-electron chi connectivity index (χ2n) is 7.64. The molecule has 1 aromatic carbocycles. The summed E-state index contributed by atoms with van der Waals surface area (Å²) < 4.78 is 1.64. The number of fused-ring (bicyclic) bond motifs is 2. The Morgan fingerprint density at radius 1 is 1.00 bits per heavy atom. The molecule has 0 fully saturated rings. The fourth-order valence-electron chi connectivity index (χ4n) is 3.82. The Balaban J connectivity index is 1.66. The van der Waals surface area contributed by atoms with Gasteiger partial charge in [-0.05, 0) is 67.9 Å². The number of rotatable bonds is 3. The minimum Gasteiger partial charge on any atom is -0.323 e. The van der Waals surface area contributed by atoms with E-state index < -0.39 is 0 Å². The monoisotopic (exact) mass is 442 g/mol. The molecule has 158 valence electrons. The third-order valence-electron chi connectivity index (χ3n) is 5.41. The predicted molar refractivity (Wildman–Crippen MR) is 126 cm³/mol. The smallest absolute Gasteiger partial charge is 0.265 e. The Hall–Kier alpha value is -3.68. The number of hydrogen-bond donors (Lipinski definition) is 1. The minimum atomic E-state index is -0.357. The summed E-state index contributed by atoms with van der Waals surface area (Å²) in [5.41, 5.74) is 11.0. The van der Waals surface area contributed by atoms with Gasteiger partial charge in [-0.1, -0.05) is 11.6 Å². The highest BCUT2D eigenvalue weighted by Gasteiger charge is 2.16. The van der Waals surface area contributed by atoms with Crippen LogP contribution in [-0.2, 0) is 0 Å². The highest BCUT2D eigenvalue weighted by Crippen LogP contribution is 2.25. The van der Waals surface area contributed by atoms with Gasteiger partial charge in [-0.3, -0.25) is 19.3 Å². The van der Waals surface area contributed by atoms with Crippen molar-refractivity contribution in [2.45, 2.75) is 19.9 Å². The molecule has 0 spiro atoms. The van der Waals surface area contributed by atoms with E-state index in [-0.39, 0.29) is 11.6 Å². The minimum absolute atomic E-state index is 0.149. The van der Waals surface area contributed by atoms with Gasteiger partial charge in [0.2, 0.25) is 0 Å². The molecule has 0 saturated carbocycles. The summed E-state index contributed by atoms with van der Waals surface area (Å²) in [7, 11) is 0. The van der Waals surface area contributed by atoms with Crippen LogP contribution in [0.25, 0.3) is 39.0 Å². The van der Waals surface area contributed by atoms with Crippen molar-refractivity contribution in [2.75, 3.05) is 0 Å². The lowest BCUT2D eigenvalue weighted by Gasteiger charge is -2.17. The molecule has 32 heavy (non-hydrogen) atoms. The van der Waals surface area contributed by atoms with Crippen LogP contribution in [0.15, 0.2) is 65.7 Å². The molecule has 1 unspecified atom stereocenters. The van der Waals surface area contributed by atoms with Gasteiger partial charge in [-0.15, -0.1) is 0 Å². The maximum absolute atomic E-state index is 13.4. The van der Waals surface area contributed by atoms with E-state index in [1.165, 1.54) is 0 Å². The number of aryl methyl sites for hydroxylation is 1. The number of pyridine rings is 3. The summed E-state index contributed by atoms with van der Waals surface area (Å²) >= 11 is 6.31. The molecule has 2 N–H and O–H groups in total. The summed E-state index contributed by atoms with van der Waals surface area (Å²) in [5.74, 6) is 0.486. The van der Waals surface area contributed by atoms with Gasteiger partial charge < -0.3 is 5.73 Å². The summed E-state index contributed by atoms with van der Waals surface area (Å²) in [5, 5.41) is 0.876. The van der Waals surface area contributed by atoms with E-state index in [1.807, 2.05) is 56.3 Å². The zero-order valence-corrected chi connectivity index (χ0v) is 18.2. The summed E-state index contributed by atoms with van der Waals surface area (Å²) in [6.07, 6.45) is 3.35. The molecule has 5 rings (SSSR count). The Bertz CT molecular complexity index is 1540. The van der Waals surface area contributed by atoms with Gasteiger partial charge in [-0.25, -0.2) is 9.97 Å². The van der Waals surface area contributed by atoms with E-state index in [0.29, 0.717) is 44.3 Å². The highest BCUT2D eigenvalue weighted by atomic mass is 35.5. The molecule has 0 aliphatic rings. The molecule has 1 atom stereocenters. The first-order valence-corrected chi connectivity index (χ1v) is 10.5. The van der Waals surface area contributed by atoms with Crippen molar-refractivity contribution in [3.05, 3.63) is 87.7 Å². The molecule has 4 heterocycles. The standard InChI is InChI=1S/C24H19ClN6O/c1-13-9-11-27-18-12-19(14(2)26)31(24(32)20(13)18)16-7-5-15(6-8-16)23-29-17-4-3-10-28-21(17)22(25)30-23/h3-12,14H,26H2,1-2H3. The van der Waals surface area contributed by atoms with Crippen molar-refractivity contribution >= 4 is 33.5 Å². The summed E-state index contributed by atoms with van der Waals surface area (Å²) in [4.78, 5) is 31.0. The second kappa shape index (κ2) is 7.78. The fourth-order valence-corrected chi connectivity index (χ4v) is 4.05. The topological polar surface area (TPSA) is 99.6 Å². The van der Waals surface area contributed by atoms with Crippen LogP contribution in [0.5, 0.6) is 0 Å². The average Bonchev–Trinajstić information content (AvgIpc) is 2.79. The number of nitrogens with two attached hydrogens (primary N) is 1. The molecule has 0 radical (unpaired) electrons. The molecule has 5 aromatic rings. The third kappa shape index (κ3) is 3.32. The van der Waals surface area contributed by atoms with Gasteiger partial charge in [-0.2, -0.15) is 0 Å². The van der Waals surface area contributed by atoms with E-state index >= 15 is 0 Å². The molecule has 0 saturated heterocycles. The van der Waals surface area contributed by atoms with Crippen molar-refractivity contribution < 1.29 is 0 Å². The number of nitrogens with zero attached hydrogens (tertiary/aromatic N) is 5. The van der Waals surface area contributed by atoms with Gasteiger partial charge in [0.1, 0.15) is 5.52 Å². The van der Waals surface area contributed by atoms with Gasteiger partial charge in [0, 0.05) is 35.4 Å². The van der Waals surface area contributed by atoms with E-state index in [1.54, 1.807) is 23.0 Å². The van der Waals surface area contributed by atoms with Crippen LogP contribution in [0, 0.1) is 6.92 Å². The normalized spacial score (nSPS) is 12.4. The quantitative estimate of drug-likeness (QED) is 0.416. The first-order valence-electron chi connectivity index (χ1n) is 10.1. The Labute approximate surface area is 188 Å². The van der Waals surface area contributed by atoms with E-state index in [2.05, 4.69) is 19.9 Å². The average molecular weight is 443 g/mol. The molecular formula is C24H19ClN6O. The summed E-state index contributed by atoms with van der Waals surface area (Å²) in [6.45, 7) is 3.75. The first kappa shape index (κ1) is 20.2. The Morgan fingerprint density at radius 2 is 1.78 bits per heavy atom. The fraction of sp³-hybridized carbons (Fsp3) is 0.125. The van der Waals surface area contributed by atoms with Crippen molar-refractivity contribution in [1.82, 2.24) is 24.5 Å². The molecule has 0 aliphatic heterocycles. The SMILES string of the molecule is Cc1ccnc2cc(C(C)N)n(-c3ccc(-c4nc(Cl)c5ncccc5n4)cc3)c(=O)c12. The molecule has 8 heteroatoms. The summed E-state index contributed by atoms with van der Waals surface area (Å²) in [6, 6.07) is 14.4. The van der Waals surface area contributed by atoms with E-state index in [4.69, 9.17) is 17.3 Å². The number of halogens is 1. The van der Waals surface area contributed by atoms with Gasteiger partial charge in [0.25, 0.3) is 5.56 Å². The maximum atomic E-state index is 13.4. The Kier molecular flexibility index (Phi) is 4.92. The lowest BCUT2D eigenvalue weighted by Crippen LogP contribution is -2.26. The van der Waals surface area contributed by atoms with Crippen LogP contribution in [0.2, 0.25) is 5.15 Å². The Morgan fingerprint density at radius 3 is 2.53 bits per heavy atom. The number of hydrogen-bond acceptors (Lipinski definition) is 6. The molecule has 4 aromatic heterocycles. The van der Waals surface area contributed by atoms with Crippen LogP contribution >= 0.6 is 11.6 Å². The zero-order valence-electron chi connectivity index (χ0n) is 17.5. The van der Waals surface area contributed by atoms with Gasteiger partial charge >= 0.3 is 0 Å². The van der Waals surface area contributed by atoms with Gasteiger partial charge in [0.15, 0.2) is 11.0 Å². The van der Waals surface area contributed by atoms with Crippen LogP contribution in [0.1, 0.15) is 24.2 Å². The van der Waals surface area contributed by atoms with Crippen molar-refractivity contribution in [3.8, 4) is 17.1 Å².